The summed E-state index contributed by atoms with van der Waals surface area (Å²) in [6.45, 7) is 0. The normalized spacial score (nSPS) is 11.2. The lowest BCUT2D eigenvalue weighted by Gasteiger charge is -1.99. The standard InChI is InChI=1S/C16H10ClFN4S2/c17-12-8-10(6-7-13(12)18)15-21-22-14(19-20-16(22)24-15)9-23-11-4-2-1-3-5-11/h1-8H,9H2. The fourth-order valence-electron chi connectivity index (χ4n) is 2.16. The molecule has 0 aliphatic carbocycles. The van der Waals surface area contributed by atoms with Crippen molar-refractivity contribution in [3.63, 3.8) is 0 Å². The van der Waals surface area contributed by atoms with Gasteiger partial charge in [-0.05, 0) is 30.3 Å². The Balaban J connectivity index is 1.62. The summed E-state index contributed by atoms with van der Waals surface area (Å²) in [6.07, 6.45) is 0. The van der Waals surface area contributed by atoms with Crippen molar-refractivity contribution in [1.29, 1.82) is 0 Å². The van der Waals surface area contributed by atoms with Crippen molar-refractivity contribution in [3.05, 3.63) is 65.2 Å². The molecule has 0 unspecified atom stereocenters. The van der Waals surface area contributed by atoms with Gasteiger partial charge in [-0.3, -0.25) is 0 Å². The minimum absolute atomic E-state index is 0.0818. The van der Waals surface area contributed by atoms with Crippen molar-refractivity contribution in [2.45, 2.75) is 10.6 Å². The van der Waals surface area contributed by atoms with Gasteiger partial charge in [0.2, 0.25) is 4.96 Å². The first-order valence-corrected chi connectivity index (χ1v) is 9.23. The molecule has 0 N–H and O–H groups in total. The Morgan fingerprint density at radius 3 is 2.75 bits per heavy atom. The maximum Gasteiger partial charge on any atom is 0.235 e. The lowest BCUT2D eigenvalue weighted by molar-refractivity contribution is 0.628. The van der Waals surface area contributed by atoms with E-state index in [0.29, 0.717) is 10.7 Å². The molecule has 2 aromatic carbocycles. The van der Waals surface area contributed by atoms with Crippen LogP contribution in [0.2, 0.25) is 5.02 Å². The summed E-state index contributed by atoms with van der Waals surface area (Å²) in [4.78, 5) is 1.86. The summed E-state index contributed by atoms with van der Waals surface area (Å²) < 4.78 is 15.0. The van der Waals surface area contributed by atoms with E-state index in [1.54, 1.807) is 28.4 Å². The Morgan fingerprint density at radius 2 is 1.96 bits per heavy atom. The van der Waals surface area contributed by atoms with Crippen LogP contribution in [0.5, 0.6) is 0 Å². The third-order valence-corrected chi connectivity index (χ3v) is 5.58. The number of halogens is 2. The number of fused-ring (bicyclic) bond motifs is 1. The fourth-order valence-corrected chi connectivity index (χ4v) is 4.02. The quantitative estimate of drug-likeness (QED) is 0.473. The average Bonchev–Trinajstić information content (AvgIpc) is 3.17. The van der Waals surface area contributed by atoms with E-state index in [1.165, 1.54) is 17.4 Å². The summed E-state index contributed by atoms with van der Waals surface area (Å²) in [5, 5.41) is 13.7. The lowest BCUT2D eigenvalue weighted by atomic mass is 10.2. The first-order valence-electron chi connectivity index (χ1n) is 7.05. The van der Waals surface area contributed by atoms with Crippen LogP contribution in [0.4, 0.5) is 4.39 Å². The molecule has 0 amide bonds. The van der Waals surface area contributed by atoms with Crippen molar-refractivity contribution in [3.8, 4) is 10.6 Å². The highest BCUT2D eigenvalue weighted by molar-refractivity contribution is 7.98. The van der Waals surface area contributed by atoms with Gasteiger partial charge in [0.15, 0.2) is 5.82 Å². The molecule has 4 nitrogen and oxygen atoms in total. The molecular weight excluding hydrogens is 367 g/mol. The van der Waals surface area contributed by atoms with E-state index < -0.39 is 5.82 Å². The van der Waals surface area contributed by atoms with Gasteiger partial charge in [0.05, 0.1) is 10.8 Å². The highest BCUT2D eigenvalue weighted by Gasteiger charge is 2.14. The van der Waals surface area contributed by atoms with Crippen LogP contribution in [-0.4, -0.2) is 19.8 Å². The first-order chi connectivity index (χ1) is 11.7. The molecular formula is C16H10ClFN4S2. The average molecular weight is 377 g/mol. The van der Waals surface area contributed by atoms with Crippen molar-refractivity contribution >= 4 is 39.7 Å². The van der Waals surface area contributed by atoms with Crippen LogP contribution < -0.4 is 0 Å². The fraction of sp³-hybridized carbons (Fsp3) is 0.0625. The Morgan fingerprint density at radius 1 is 1.12 bits per heavy atom. The minimum atomic E-state index is -0.441. The summed E-state index contributed by atoms with van der Waals surface area (Å²) in [5.41, 5.74) is 0.763. The van der Waals surface area contributed by atoms with E-state index in [4.69, 9.17) is 11.6 Å². The first kappa shape index (κ1) is 15.6. The maximum atomic E-state index is 13.3. The molecule has 24 heavy (non-hydrogen) atoms. The number of benzene rings is 2. The molecule has 0 spiro atoms. The molecule has 120 valence electrons. The molecule has 0 aliphatic rings. The van der Waals surface area contributed by atoms with Crippen LogP contribution in [-0.2, 0) is 5.75 Å². The molecule has 0 saturated heterocycles. The number of hydrogen-bond acceptors (Lipinski definition) is 5. The Hall–Kier alpha value is -1.96. The van der Waals surface area contributed by atoms with Crippen LogP contribution in [0.25, 0.3) is 15.5 Å². The van der Waals surface area contributed by atoms with Crippen molar-refractivity contribution in [1.82, 2.24) is 19.8 Å². The molecule has 4 rings (SSSR count). The zero-order chi connectivity index (χ0) is 16.5. The molecule has 0 radical (unpaired) electrons. The summed E-state index contributed by atoms with van der Waals surface area (Å²) in [6, 6.07) is 14.7. The number of rotatable bonds is 4. The summed E-state index contributed by atoms with van der Waals surface area (Å²) in [7, 11) is 0. The number of nitrogens with zero attached hydrogens (tertiary/aromatic N) is 4. The summed E-state index contributed by atoms with van der Waals surface area (Å²) in [5.74, 6) is 0.997. The highest BCUT2D eigenvalue weighted by atomic mass is 35.5. The Labute approximate surface area is 150 Å². The van der Waals surface area contributed by atoms with Gasteiger partial charge in [0.1, 0.15) is 10.8 Å². The van der Waals surface area contributed by atoms with E-state index in [-0.39, 0.29) is 5.02 Å². The zero-order valence-electron chi connectivity index (χ0n) is 12.2. The van der Waals surface area contributed by atoms with Crippen LogP contribution in [0.15, 0.2) is 53.4 Å². The van der Waals surface area contributed by atoms with Gasteiger partial charge in [-0.15, -0.1) is 22.0 Å². The highest BCUT2D eigenvalue weighted by Crippen LogP contribution is 2.29. The molecule has 0 atom stereocenters. The van der Waals surface area contributed by atoms with E-state index in [0.717, 1.165) is 21.3 Å². The monoisotopic (exact) mass is 376 g/mol. The third kappa shape index (κ3) is 3.02. The Bertz CT molecular complexity index is 1000. The smallest absolute Gasteiger partial charge is 0.205 e. The SMILES string of the molecule is Fc1ccc(-c2nn3c(CSc4ccccc4)nnc3s2)cc1Cl. The zero-order valence-corrected chi connectivity index (χ0v) is 14.6. The van der Waals surface area contributed by atoms with Gasteiger partial charge in [0, 0.05) is 10.5 Å². The van der Waals surface area contributed by atoms with Gasteiger partial charge in [-0.2, -0.15) is 9.61 Å². The minimum Gasteiger partial charge on any atom is -0.205 e. The van der Waals surface area contributed by atoms with Gasteiger partial charge in [-0.1, -0.05) is 41.1 Å². The molecule has 0 aliphatic heterocycles. The largest absolute Gasteiger partial charge is 0.235 e. The second-order valence-electron chi connectivity index (χ2n) is 4.95. The predicted molar refractivity (Wildman–Crippen MR) is 95.1 cm³/mol. The number of aromatic nitrogens is 4. The van der Waals surface area contributed by atoms with Crippen molar-refractivity contribution in [2.75, 3.05) is 0 Å². The third-order valence-electron chi connectivity index (χ3n) is 3.33. The topological polar surface area (TPSA) is 43.1 Å². The van der Waals surface area contributed by atoms with Crippen LogP contribution in [0.3, 0.4) is 0 Å². The van der Waals surface area contributed by atoms with Gasteiger partial charge >= 0.3 is 0 Å². The summed E-state index contributed by atoms with van der Waals surface area (Å²) >= 11 is 8.92. The van der Waals surface area contributed by atoms with E-state index in [9.17, 15) is 4.39 Å². The van der Waals surface area contributed by atoms with Crippen LogP contribution in [0.1, 0.15) is 5.82 Å². The second kappa shape index (κ2) is 6.51. The van der Waals surface area contributed by atoms with Gasteiger partial charge in [-0.25, -0.2) is 4.39 Å². The molecule has 0 fully saturated rings. The number of thioether (sulfide) groups is 1. The lowest BCUT2D eigenvalue weighted by Crippen LogP contribution is -1.94. The van der Waals surface area contributed by atoms with E-state index in [2.05, 4.69) is 27.4 Å². The molecule has 2 heterocycles. The van der Waals surface area contributed by atoms with Gasteiger partial charge < -0.3 is 0 Å². The molecule has 4 aromatic rings. The van der Waals surface area contributed by atoms with Crippen molar-refractivity contribution < 1.29 is 4.39 Å². The Kier molecular flexibility index (Phi) is 4.22. The van der Waals surface area contributed by atoms with Crippen molar-refractivity contribution in [2.24, 2.45) is 0 Å². The van der Waals surface area contributed by atoms with Crippen LogP contribution >= 0.6 is 34.7 Å². The van der Waals surface area contributed by atoms with Gasteiger partial charge in [0.25, 0.3) is 0 Å². The molecule has 8 heteroatoms. The van der Waals surface area contributed by atoms with E-state index >= 15 is 0 Å². The maximum absolute atomic E-state index is 13.3. The second-order valence-corrected chi connectivity index (χ2v) is 7.36. The van der Waals surface area contributed by atoms with E-state index in [1.807, 2.05) is 18.2 Å². The number of hydrogen-bond donors (Lipinski definition) is 0. The van der Waals surface area contributed by atoms with Crippen LogP contribution in [0, 0.1) is 5.82 Å². The molecule has 0 bridgehead atoms. The predicted octanol–water partition coefficient (Wildman–Crippen LogP) is 4.94. The molecule has 0 saturated carbocycles. The molecule has 2 aromatic heterocycles.